The van der Waals surface area contributed by atoms with Crippen LogP contribution in [0.3, 0.4) is 0 Å². The Morgan fingerprint density at radius 3 is 2.67 bits per heavy atom. The highest BCUT2D eigenvalue weighted by Crippen LogP contribution is 2.26. The van der Waals surface area contributed by atoms with Gasteiger partial charge in [-0.15, -0.1) is 0 Å². The maximum absolute atomic E-state index is 5.95. The van der Waals surface area contributed by atoms with E-state index >= 15 is 0 Å². The van der Waals surface area contributed by atoms with Crippen molar-refractivity contribution < 1.29 is 4.52 Å². The number of benzene rings is 2. The summed E-state index contributed by atoms with van der Waals surface area (Å²) in [5, 5.41) is 4.71. The lowest BCUT2D eigenvalue weighted by Gasteiger charge is -2.00. The molecule has 1 aromatic heterocycles. The summed E-state index contributed by atoms with van der Waals surface area (Å²) in [5.41, 5.74) is 8.41. The standard InChI is InChI=1S/C15H11ClIN3O/c16-10-3-1-9(2-4-10)7-14-19-15(21-20-14)12-8-11(17)5-6-13(12)18/h1-6,8H,7,18H2. The largest absolute Gasteiger partial charge is 0.398 e. The van der Waals surface area contributed by atoms with Gasteiger partial charge in [-0.05, 0) is 58.5 Å². The van der Waals surface area contributed by atoms with Crippen molar-refractivity contribution in [2.75, 3.05) is 5.73 Å². The Kier molecular flexibility index (Phi) is 4.12. The van der Waals surface area contributed by atoms with Gasteiger partial charge in [-0.2, -0.15) is 4.98 Å². The molecule has 0 radical (unpaired) electrons. The second-order valence-corrected chi connectivity index (χ2v) is 6.23. The van der Waals surface area contributed by atoms with E-state index in [4.69, 9.17) is 21.9 Å². The summed E-state index contributed by atoms with van der Waals surface area (Å²) in [4.78, 5) is 4.41. The van der Waals surface area contributed by atoms with Gasteiger partial charge in [0.1, 0.15) is 0 Å². The van der Waals surface area contributed by atoms with E-state index in [0.717, 1.165) is 14.7 Å². The predicted molar refractivity (Wildman–Crippen MR) is 91.1 cm³/mol. The van der Waals surface area contributed by atoms with Gasteiger partial charge in [0.25, 0.3) is 5.89 Å². The van der Waals surface area contributed by atoms with Crippen molar-refractivity contribution in [3.63, 3.8) is 0 Å². The van der Waals surface area contributed by atoms with Crippen molar-refractivity contribution >= 4 is 39.9 Å². The molecule has 1 heterocycles. The third-order valence-electron chi connectivity index (χ3n) is 2.99. The van der Waals surface area contributed by atoms with Gasteiger partial charge < -0.3 is 10.3 Å². The highest BCUT2D eigenvalue weighted by Gasteiger charge is 2.12. The van der Waals surface area contributed by atoms with Crippen LogP contribution in [0.4, 0.5) is 5.69 Å². The number of anilines is 1. The summed E-state index contributed by atoms with van der Waals surface area (Å²) in [5.74, 6) is 1.06. The van der Waals surface area contributed by atoms with Crippen LogP contribution in [0.5, 0.6) is 0 Å². The topological polar surface area (TPSA) is 64.9 Å². The molecule has 2 aromatic carbocycles. The average Bonchev–Trinajstić information content (AvgIpc) is 2.92. The zero-order chi connectivity index (χ0) is 14.8. The van der Waals surface area contributed by atoms with Gasteiger partial charge >= 0.3 is 0 Å². The van der Waals surface area contributed by atoms with Crippen LogP contribution in [0, 0.1) is 3.57 Å². The maximum Gasteiger partial charge on any atom is 0.260 e. The van der Waals surface area contributed by atoms with Crippen molar-refractivity contribution in [3.8, 4) is 11.5 Å². The highest BCUT2D eigenvalue weighted by molar-refractivity contribution is 14.1. The van der Waals surface area contributed by atoms with Crippen LogP contribution in [-0.4, -0.2) is 10.1 Å². The zero-order valence-corrected chi connectivity index (χ0v) is 13.8. The molecular formula is C15H11ClIN3O. The van der Waals surface area contributed by atoms with Crippen molar-refractivity contribution in [2.24, 2.45) is 0 Å². The Morgan fingerprint density at radius 2 is 1.90 bits per heavy atom. The number of nitrogen functional groups attached to an aromatic ring is 1. The average molecular weight is 412 g/mol. The van der Waals surface area contributed by atoms with Crippen LogP contribution in [-0.2, 0) is 6.42 Å². The summed E-state index contributed by atoms with van der Waals surface area (Å²) in [6.45, 7) is 0. The smallest absolute Gasteiger partial charge is 0.260 e. The molecule has 6 heteroatoms. The lowest BCUT2D eigenvalue weighted by atomic mass is 10.1. The maximum atomic E-state index is 5.95. The van der Waals surface area contributed by atoms with Crippen molar-refractivity contribution in [2.45, 2.75) is 6.42 Å². The first-order chi connectivity index (χ1) is 10.1. The minimum Gasteiger partial charge on any atom is -0.398 e. The molecular weight excluding hydrogens is 401 g/mol. The molecule has 0 aliphatic rings. The predicted octanol–water partition coefficient (Wildman–Crippen LogP) is 4.17. The number of halogens is 2. The van der Waals surface area contributed by atoms with Gasteiger partial charge in [0.2, 0.25) is 0 Å². The Labute approximate surface area is 140 Å². The SMILES string of the molecule is Nc1ccc(I)cc1-c1nc(Cc2ccc(Cl)cc2)no1. The Balaban J connectivity index is 1.86. The van der Waals surface area contributed by atoms with Gasteiger partial charge in [-0.25, -0.2) is 0 Å². The molecule has 0 bridgehead atoms. The fraction of sp³-hybridized carbons (Fsp3) is 0.0667. The van der Waals surface area contributed by atoms with E-state index in [1.807, 2.05) is 42.5 Å². The third-order valence-corrected chi connectivity index (χ3v) is 3.91. The van der Waals surface area contributed by atoms with E-state index < -0.39 is 0 Å². The van der Waals surface area contributed by atoms with Crippen LogP contribution < -0.4 is 5.73 Å². The minimum atomic E-state index is 0.440. The van der Waals surface area contributed by atoms with Gasteiger partial charge in [0, 0.05) is 20.7 Å². The number of nitrogens with two attached hydrogens (primary N) is 1. The fourth-order valence-corrected chi connectivity index (χ4v) is 2.55. The first-order valence-corrected chi connectivity index (χ1v) is 7.70. The minimum absolute atomic E-state index is 0.440. The molecule has 0 atom stereocenters. The molecule has 2 N–H and O–H groups in total. The molecule has 0 unspecified atom stereocenters. The number of aromatic nitrogens is 2. The number of hydrogen-bond acceptors (Lipinski definition) is 4. The van der Waals surface area contributed by atoms with E-state index in [1.165, 1.54) is 0 Å². The molecule has 3 rings (SSSR count). The molecule has 0 aliphatic heterocycles. The molecule has 3 aromatic rings. The zero-order valence-electron chi connectivity index (χ0n) is 10.9. The van der Waals surface area contributed by atoms with Crippen LogP contribution in [0.1, 0.15) is 11.4 Å². The summed E-state index contributed by atoms with van der Waals surface area (Å²) >= 11 is 8.09. The summed E-state index contributed by atoms with van der Waals surface area (Å²) in [6, 6.07) is 13.3. The van der Waals surface area contributed by atoms with Crippen molar-refractivity contribution in [3.05, 3.63) is 62.4 Å². The molecule has 0 saturated carbocycles. The van der Waals surface area contributed by atoms with Crippen LogP contribution in [0.2, 0.25) is 5.02 Å². The van der Waals surface area contributed by atoms with Crippen LogP contribution in [0.15, 0.2) is 47.0 Å². The van der Waals surface area contributed by atoms with Gasteiger partial charge in [-0.3, -0.25) is 0 Å². The highest BCUT2D eigenvalue weighted by atomic mass is 127. The Bertz CT molecular complexity index is 771. The van der Waals surface area contributed by atoms with E-state index in [1.54, 1.807) is 0 Å². The second-order valence-electron chi connectivity index (χ2n) is 4.55. The van der Waals surface area contributed by atoms with Crippen LogP contribution >= 0.6 is 34.2 Å². The molecule has 0 amide bonds. The lowest BCUT2D eigenvalue weighted by Crippen LogP contribution is -1.92. The van der Waals surface area contributed by atoms with Gasteiger partial charge in [-0.1, -0.05) is 28.9 Å². The first-order valence-electron chi connectivity index (χ1n) is 6.24. The van der Waals surface area contributed by atoms with E-state index in [0.29, 0.717) is 28.8 Å². The fourth-order valence-electron chi connectivity index (χ4n) is 1.93. The normalized spacial score (nSPS) is 10.8. The van der Waals surface area contributed by atoms with E-state index in [2.05, 4.69) is 32.7 Å². The molecule has 0 saturated heterocycles. The first kappa shape index (κ1) is 14.3. The lowest BCUT2D eigenvalue weighted by molar-refractivity contribution is 0.424. The van der Waals surface area contributed by atoms with E-state index in [9.17, 15) is 0 Å². The summed E-state index contributed by atoms with van der Waals surface area (Å²) in [7, 11) is 0. The van der Waals surface area contributed by atoms with Crippen LogP contribution in [0.25, 0.3) is 11.5 Å². The second kappa shape index (κ2) is 6.03. The number of hydrogen-bond donors (Lipinski definition) is 1. The molecule has 4 nitrogen and oxygen atoms in total. The molecule has 106 valence electrons. The quantitative estimate of drug-likeness (QED) is 0.519. The van der Waals surface area contributed by atoms with Crippen molar-refractivity contribution in [1.82, 2.24) is 10.1 Å². The number of rotatable bonds is 3. The van der Waals surface area contributed by atoms with Gasteiger partial charge in [0.15, 0.2) is 5.82 Å². The van der Waals surface area contributed by atoms with E-state index in [-0.39, 0.29) is 0 Å². The molecule has 0 aliphatic carbocycles. The molecule has 0 spiro atoms. The van der Waals surface area contributed by atoms with Crippen molar-refractivity contribution in [1.29, 1.82) is 0 Å². The number of nitrogens with zero attached hydrogens (tertiary/aromatic N) is 2. The van der Waals surface area contributed by atoms with Gasteiger partial charge in [0.05, 0.1) is 5.56 Å². The Hall–Kier alpha value is -1.60. The summed E-state index contributed by atoms with van der Waals surface area (Å²) in [6.07, 6.45) is 0.588. The molecule has 21 heavy (non-hydrogen) atoms. The third kappa shape index (κ3) is 3.36. The Morgan fingerprint density at radius 1 is 1.14 bits per heavy atom. The molecule has 0 fully saturated rings. The monoisotopic (exact) mass is 411 g/mol. The summed E-state index contributed by atoms with van der Waals surface area (Å²) < 4.78 is 6.38.